The van der Waals surface area contributed by atoms with Crippen molar-refractivity contribution >= 4 is 22.2 Å². The number of hydrogen-bond donors (Lipinski definition) is 2. The Balaban J connectivity index is 1.68. The third-order valence-electron chi connectivity index (χ3n) is 5.57. The van der Waals surface area contributed by atoms with E-state index in [4.69, 9.17) is 0 Å². The number of halogens is 4. The minimum Gasteiger partial charge on any atom is -0.393 e. The van der Waals surface area contributed by atoms with Crippen LogP contribution in [0.25, 0.3) is 16.5 Å². The van der Waals surface area contributed by atoms with Crippen molar-refractivity contribution in [3.63, 3.8) is 0 Å². The minimum atomic E-state index is -4.76. The fourth-order valence-corrected chi connectivity index (χ4v) is 3.87. The van der Waals surface area contributed by atoms with Crippen LogP contribution in [0.4, 0.5) is 23.2 Å². The van der Waals surface area contributed by atoms with Crippen LogP contribution < -0.4 is 5.32 Å². The Labute approximate surface area is 176 Å². The lowest BCUT2D eigenvalue weighted by Gasteiger charge is -2.20. The van der Waals surface area contributed by atoms with Crippen LogP contribution in [0, 0.1) is 5.82 Å². The van der Waals surface area contributed by atoms with E-state index in [0.717, 1.165) is 29.0 Å². The number of allylic oxidation sites excluding steroid dienone is 1. The average molecular weight is 431 g/mol. The molecule has 162 valence electrons. The zero-order chi connectivity index (χ0) is 22.2. The Morgan fingerprint density at radius 3 is 2.71 bits per heavy atom. The Bertz CT molecular complexity index is 1140. The van der Waals surface area contributed by atoms with Crippen LogP contribution in [-0.4, -0.2) is 21.4 Å². The maximum Gasteiger partial charge on any atom is 0.419 e. The SMILES string of the molecule is C[C@@H](Nc1cnnc2ccc(C3=CCC(O)CC3)cc12)c1cccc(C(F)(F)F)c1F. The Morgan fingerprint density at radius 2 is 2.00 bits per heavy atom. The van der Waals surface area contributed by atoms with Gasteiger partial charge < -0.3 is 10.4 Å². The van der Waals surface area contributed by atoms with E-state index in [1.807, 2.05) is 24.3 Å². The van der Waals surface area contributed by atoms with E-state index in [1.54, 1.807) is 6.92 Å². The predicted molar refractivity (Wildman–Crippen MR) is 111 cm³/mol. The Morgan fingerprint density at radius 1 is 1.19 bits per heavy atom. The maximum atomic E-state index is 14.6. The molecule has 0 radical (unpaired) electrons. The smallest absolute Gasteiger partial charge is 0.393 e. The van der Waals surface area contributed by atoms with Gasteiger partial charge in [-0.1, -0.05) is 24.3 Å². The number of aliphatic hydroxyl groups is 1. The van der Waals surface area contributed by atoms with Crippen molar-refractivity contribution in [1.29, 1.82) is 0 Å². The third kappa shape index (κ3) is 4.39. The van der Waals surface area contributed by atoms with E-state index in [9.17, 15) is 22.7 Å². The predicted octanol–water partition coefficient (Wildman–Crippen LogP) is 5.89. The summed E-state index contributed by atoms with van der Waals surface area (Å²) in [6, 6.07) is 8.22. The van der Waals surface area contributed by atoms with Crippen LogP contribution in [0.15, 0.2) is 48.7 Å². The van der Waals surface area contributed by atoms with Crippen molar-refractivity contribution in [3.8, 4) is 0 Å². The van der Waals surface area contributed by atoms with Gasteiger partial charge in [-0.25, -0.2) is 4.39 Å². The number of fused-ring (bicyclic) bond motifs is 1. The van der Waals surface area contributed by atoms with Crippen LogP contribution >= 0.6 is 0 Å². The van der Waals surface area contributed by atoms with Gasteiger partial charge in [-0.2, -0.15) is 23.4 Å². The standard InChI is InChI=1S/C23H21F4N3O/c1-13(17-3-2-4-19(22(17)24)23(25,26)27)29-21-12-28-30-20-10-7-15(11-18(20)21)14-5-8-16(31)9-6-14/h2-5,7,10-13,16,31H,6,8-9H2,1H3,(H,29,30)/t13-,16?/m1/s1. The highest BCUT2D eigenvalue weighted by Gasteiger charge is 2.35. The molecule has 2 aromatic carbocycles. The lowest BCUT2D eigenvalue weighted by Crippen LogP contribution is -2.14. The van der Waals surface area contributed by atoms with E-state index >= 15 is 0 Å². The quantitative estimate of drug-likeness (QED) is 0.506. The number of aromatic nitrogens is 2. The molecule has 1 aliphatic rings. The van der Waals surface area contributed by atoms with E-state index in [0.29, 0.717) is 24.0 Å². The molecule has 2 atom stereocenters. The zero-order valence-corrected chi connectivity index (χ0v) is 16.7. The summed E-state index contributed by atoms with van der Waals surface area (Å²) in [5.41, 5.74) is 1.89. The molecule has 3 aromatic rings. The van der Waals surface area contributed by atoms with Crippen LogP contribution in [0.2, 0.25) is 0 Å². The first-order valence-corrected chi connectivity index (χ1v) is 9.99. The minimum absolute atomic E-state index is 0.0834. The largest absolute Gasteiger partial charge is 0.419 e. The second-order valence-electron chi connectivity index (χ2n) is 7.72. The van der Waals surface area contributed by atoms with Crippen LogP contribution in [0.3, 0.4) is 0 Å². The highest BCUT2D eigenvalue weighted by Crippen LogP contribution is 2.36. The molecule has 4 nitrogen and oxygen atoms in total. The monoisotopic (exact) mass is 431 g/mol. The van der Waals surface area contributed by atoms with Gasteiger partial charge in [0.15, 0.2) is 0 Å². The van der Waals surface area contributed by atoms with Gasteiger partial charge in [0, 0.05) is 10.9 Å². The van der Waals surface area contributed by atoms with E-state index in [2.05, 4.69) is 15.5 Å². The van der Waals surface area contributed by atoms with Crippen molar-refractivity contribution in [2.24, 2.45) is 0 Å². The zero-order valence-electron chi connectivity index (χ0n) is 16.7. The van der Waals surface area contributed by atoms with Gasteiger partial charge in [0.1, 0.15) is 5.82 Å². The van der Waals surface area contributed by atoms with E-state index < -0.39 is 23.6 Å². The molecule has 0 bridgehead atoms. The first-order valence-electron chi connectivity index (χ1n) is 9.99. The van der Waals surface area contributed by atoms with Crippen molar-refractivity contribution in [2.45, 2.75) is 44.5 Å². The molecule has 1 heterocycles. The lowest BCUT2D eigenvalue weighted by molar-refractivity contribution is -0.140. The van der Waals surface area contributed by atoms with E-state index in [1.165, 1.54) is 18.3 Å². The molecular weight excluding hydrogens is 410 g/mol. The van der Waals surface area contributed by atoms with Gasteiger partial charge in [0.05, 0.1) is 35.1 Å². The first-order chi connectivity index (χ1) is 14.7. The van der Waals surface area contributed by atoms with Gasteiger partial charge in [0.25, 0.3) is 0 Å². The summed E-state index contributed by atoms with van der Waals surface area (Å²) in [6.45, 7) is 1.60. The van der Waals surface area contributed by atoms with Gasteiger partial charge in [0.2, 0.25) is 0 Å². The normalized spacial score (nSPS) is 18.0. The lowest BCUT2D eigenvalue weighted by atomic mass is 9.91. The first kappa shape index (κ1) is 21.2. The van der Waals surface area contributed by atoms with Crippen LogP contribution in [0.1, 0.15) is 48.9 Å². The van der Waals surface area contributed by atoms with Gasteiger partial charge in [-0.3, -0.25) is 0 Å². The molecule has 0 fully saturated rings. The second kappa shape index (κ2) is 8.26. The van der Waals surface area contributed by atoms with Gasteiger partial charge in [-0.05, 0) is 55.5 Å². The molecule has 0 aliphatic heterocycles. The molecule has 1 unspecified atom stereocenters. The number of rotatable bonds is 4. The van der Waals surface area contributed by atoms with E-state index in [-0.39, 0.29) is 11.7 Å². The van der Waals surface area contributed by atoms with Crippen molar-refractivity contribution in [3.05, 3.63) is 71.2 Å². The molecule has 1 aromatic heterocycles. The molecule has 0 saturated carbocycles. The number of nitrogens with one attached hydrogen (secondary N) is 1. The molecular formula is C23H21F4N3O. The molecule has 4 rings (SSSR count). The number of alkyl halides is 3. The summed E-state index contributed by atoms with van der Waals surface area (Å²) in [5, 5.41) is 21.6. The van der Waals surface area contributed by atoms with Gasteiger partial charge in [-0.15, -0.1) is 0 Å². The summed E-state index contributed by atoms with van der Waals surface area (Å²) in [4.78, 5) is 0. The molecule has 1 aliphatic carbocycles. The Kier molecular flexibility index (Phi) is 5.66. The van der Waals surface area contributed by atoms with Crippen molar-refractivity contribution in [1.82, 2.24) is 10.2 Å². The number of nitrogens with zero attached hydrogens (tertiary/aromatic N) is 2. The summed E-state index contributed by atoms with van der Waals surface area (Å²) >= 11 is 0. The average Bonchev–Trinajstić information content (AvgIpc) is 2.73. The summed E-state index contributed by atoms with van der Waals surface area (Å²) in [7, 11) is 0. The molecule has 31 heavy (non-hydrogen) atoms. The Hall–Kier alpha value is -3.00. The highest BCUT2D eigenvalue weighted by atomic mass is 19.4. The number of hydrogen-bond acceptors (Lipinski definition) is 4. The molecule has 0 spiro atoms. The van der Waals surface area contributed by atoms with Gasteiger partial charge >= 0.3 is 6.18 Å². The maximum absolute atomic E-state index is 14.6. The molecule has 2 N–H and O–H groups in total. The second-order valence-corrected chi connectivity index (χ2v) is 7.72. The summed E-state index contributed by atoms with van der Waals surface area (Å²) < 4.78 is 53.8. The summed E-state index contributed by atoms with van der Waals surface area (Å²) in [5.74, 6) is -1.28. The third-order valence-corrected chi connectivity index (χ3v) is 5.57. The molecule has 0 amide bonds. The fourth-order valence-electron chi connectivity index (χ4n) is 3.87. The topological polar surface area (TPSA) is 58.0 Å². The summed E-state index contributed by atoms with van der Waals surface area (Å²) in [6.07, 6.45) is 0.440. The van der Waals surface area contributed by atoms with Crippen LogP contribution in [0.5, 0.6) is 0 Å². The fraction of sp³-hybridized carbons (Fsp3) is 0.304. The van der Waals surface area contributed by atoms with Crippen molar-refractivity contribution < 1.29 is 22.7 Å². The number of aliphatic hydroxyl groups excluding tert-OH is 1. The van der Waals surface area contributed by atoms with Crippen molar-refractivity contribution in [2.75, 3.05) is 5.32 Å². The molecule has 0 saturated heterocycles. The number of anilines is 1. The molecule has 8 heteroatoms. The number of benzene rings is 2. The highest BCUT2D eigenvalue weighted by molar-refractivity contribution is 5.93. The van der Waals surface area contributed by atoms with Crippen LogP contribution in [-0.2, 0) is 6.18 Å².